The van der Waals surface area contributed by atoms with Crippen molar-refractivity contribution in [2.24, 2.45) is 0 Å². The maximum Gasteiger partial charge on any atom is 0.306 e. The molecule has 9 nitrogen and oxygen atoms in total. The summed E-state index contributed by atoms with van der Waals surface area (Å²) in [7, 11) is 0. The minimum absolute atomic E-state index is 0.148. The average molecular weight is 927 g/mol. The third kappa shape index (κ3) is 47.2. The molecule has 0 radical (unpaired) electrons. The zero-order valence-electron chi connectivity index (χ0n) is 42.3. The van der Waals surface area contributed by atoms with Crippen molar-refractivity contribution in [3.05, 3.63) is 72.9 Å². The number of aliphatic hydroxyl groups is 3. The van der Waals surface area contributed by atoms with Gasteiger partial charge >= 0.3 is 17.9 Å². The second kappa shape index (κ2) is 49.6. The first-order valence-electron chi connectivity index (χ1n) is 26.8. The lowest BCUT2D eigenvalue weighted by molar-refractivity contribution is -0.167. The van der Waals surface area contributed by atoms with Gasteiger partial charge in [-0.3, -0.25) is 14.4 Å². The fraction of sp³-hybridized carbons (Fsp3) is 0.737. The summed E-state index contributed by atoms with van der Waals surface area (Å²) < 4.78 is 16.7. The fourth-order valence-electron chi connectivity index (χ4n) is 7.26. The molecule has 3 N–H and O–H groups in total. The highest BCUT2D eigenvalue weighted by Gasteiger charge is 2.19. The Morgan fingerprint density at radius 2 is 0.682 bits per heavy atom. The molecule has 0 amide bonds. The van der Waals surface area contributed by atoms with Gasteiger partial charge in [0.25, 0.3) is 0 Å². The van der Waals surface area contributed by atoms with E-state index in [-0.39, 0.29) is 62.6 Å². The summed E-state index contributed by atoms with van der Waals surface area (Å²) in [6.45, 7) is 6.22. The van der Waals surface area contributed by atoms with Crippen molar-refractivity contribution < 1.29 is 43.9 Å². The van der Waals surface area contributed by atoms with Gasteiger partial charge in [-0.2, -0.15) is 0 Å². The molecule has 0 saturated carbocycles. The Labute approximate surface area is 403 Å². The molecule has 0 unspecified atom stereocenters. The highest BCUT2D eigenvalue weighted by Crippen LogP contribution is 2.14. The zero-order valence-corrected chi connectivity index (χ0v) is 42.3. The second-order valence-electron chi connectivity index (χ2n) is 18.0. The van der Waals surface area contributed by atoms with Crippen LogP contribution >= 0.6 is 0 Å². The predicted octanol–water partition coefficient (Wildman–Crippen LogP) is 14.3. The number of hydrogen-bond acceptors (Lipinski definition) is 9. The Morgan fingerprint density at radius 1 is 0.379 bits per heavy atom. The standard InChI is InChI=1S/C57H98O9/c1-4-7-10-11-18-24-33-44-53(60)45-36-27-23-30-38-47-56(62)65-50-54(66-57(63)48-39-29-22-17-13-15-20-26-35-43-52(59)41-32-9-6-3)49-64-55(61)46-37-28-21-16-12-14-19-25-34-42-51(58)40-31-8-5-2/h18-20,24-26,33-35,42-44,51-54,58-60H,4-17,21-23,27-32,36-41,45-50H2,1-3H3/b24-18-,25-19-,26-20-,42-34+,43-35+,44-33+/t51-,52-,53-,54-/m1/s1. The Kier molecular flexibility index (Phi) is 47.2. The van der Waals surface area contributed by atoms with Crippen molar-refractivity contribution in [2.75, 3.05) is 13.2 Å². The highest BCUT2D eigenvalue weighted by atomic mass is 16.6. The number of aliphatic hydroxyl groups excluding tert-OH is 3. The monoisotopic (exact) mass is 927 g/mol. The van der Waals surface area contributed by atoms with E-state index >= 15 is 0 Å². The zero-order chi connectivity index (χ0) is 48.4. The summed E-state index contributed by atoms with van der Waals surface area (Å²) in [5.74, 6) is -1.10. The van der Waals surface area contributed by atoms with Crippen LogP contribution in [0.3, 0.4) is 0 Å². The van der Waals surface area contributed by atoms with Gasteiger partial charge in [-0.1, -0.05) is 209 Å². The Morgan fingerprint density at radius 3 is 1.08 bits per heavy atom. The van der Waals surface area contributed by atoms with E-state index in [1.54, 1.807) is 0 Å². The molecule has 0 bridgehead atoms. The molecule has 0 rings (SSSR count). The lowest BCUT2D eigenvalue weighted by atomic mass is 10.1. The van der Waals surface area contributed by atoms with E-state index in [1.165, 1.54) is 19.3 Å². The van der Waals surface area contributed by atoms with E-state index in [9.17, 15) is 29.7 Å². The molecule has 66 heavy (non-hydrogen) atoms. The third-order valence-electron chi connectivity index (χ3n) is 11.5. The van der Waals surface area contributed by atoms with Crippen LogP contribution in [0.15, 0.2) is 72.9 Å². The molecule has 0 aromatic carbocycles. The number of carbonyl (C=O) groups excluding carboxylic acids is 3. The van der Waals surface area contributed by atoms with Crippen molar-refractivity contribution in [3.8, 4) is 0 Å². The summed E-state index contributed by atoms with van der Waals surface area (Å²) in [6.07, 6.45) is 52.3. The van der Waals surface area contributed by atoms with E-state index in [1.807, 2.05) is 54.7 Å². The van der Waals surface area contributed by atoms with Gasteiger partial charge in [0.15, 0.2) is 6.10 Å². The third-order valence-corrected chi connectivity index (χ3v) is 11.5. The molecule has 0 aliphatic heterocycles. The van der Waals surface area contributed by atoms with Crippen molar-refractivity contribution in [1.29, 1.82) is 0 Å². The van der Waals surface area contributed by atoms with Gasteiger partial charge in [-0.25, -0.2) is 0 Å². The maximum absolute atomic E-state index is 12.8. The summed E-state index contributed by atoms with van der Waals surface area (Å²) in [5, 5.41) is 30.2. The van der Waals surface area contributed by atoms with Crippen LogP contribution in [-0.4, -0.2) is 70.9 Å². The molecule has 4 atom stereocenters. The molecule has 0 saturated heterocycles. The second-order valence-corrected chi connectivity index (χ2v) is 18.0. The van der Waals surface area contributed by atoms with Crippen molar-refractivity contribution >= 4 is 17.9 Å². The number of hydrogen-bond donors (Lipinski definition) is 3. The lowest BCUT2D eigenvalue weighted by Crippen LogP contribution is -2.30. The Hall–Kier alpha value is -3.27. The number of esters is 3. The number of unbranched alkanes of at least 4 members (excludes halogenated alkanes) is 21. The maximum atomic E-state index is 12.8. The van der Waals surface area contributed by atoms with Crippen LogP contribution in [0.4, 0.5) is 0 Å². The van der Waals surface area contributed by atoms with E-state index in [4.69, 9.17) is 14.2 Å². The van der Waals surface area contributed by atoms with Gasteiger partial charge in [-0.15, -0.1) is 0 Å². The topological polar surface area (TPSA) is 140 Å². The molecule has 0 fully saturated rings. The first-order chi connectivity index (χ1) is 32.2. The molecule has 0 spiro atoms. The molecule has 380 valence electrons. The minimum Gasteiger partial charge on any atom is -0.462 e. The molecule has 0 heterocycles. The molecule has 0 aromatic heterocycles. The first-order valence-corrected chi connectivity index (χ1v) is 26.8. The summed E-state index contributed by atoms with van der Waals surface area (Å²) in [4.78, 5) is 38.0. The number of ether oxygens (including phenoxy) is 3. The first kappa shape index (κ1) is 62.7. The van der Waals surface area contributed by atoms with E-state index in [2.05, 4.69) is 39.0 Å². The summed E-state index contributed by atoms with van der Waals surface area (Å²) in [5.41, 5.74) is 0. The minimum atomic E-state index is -0.854. The van der Waals surface area contributed by atoms with Gasteiger partial charge in [-0.05, 0) is 77.0 Å². The average Bonchev–Trinajstić information content (AvgIpc) is 3.30. The van der Waals surface area contributed by atoms with Crippen LogP contribution in [0, 0.1) is 0 Å². The van der Waals surface area contributed by atoms with Crippen LogP contribution in [0.25, 0.3) is 0 Å². The molecular formula is C57H98O9. The normalized spacial score (nSPS) is 14.1. The van der Waals surface area contributed by atoms with Gasteiger partial charge < -0.3 is 29.5 Å². The summed E-state index contributed by atoms with van der Waals surface area (Å²) in [6, 6.07) is 0. The van der Waals surface area contributed by atoms with Crippen molar-refractivity contribution in [1.82, 2.24) is 0 Å². The van der Waals surface area contributed by atoms with Crippen molar-refractivity contribution in [3.63, 3.8) is 0 Å². The van der Waals surface area contributed by atoms with Crippen LogP contribution in [0.5, 0.6) is 0 Å². The predicted molar refractivity (Wildman–Crippen MR) is 274 cm³/mol. The number of carbonyl (C=O) groups is 3. The van der Waals surface area contributed by atoms with E-state index < -0.39 is 12.2 Å². The Bertz CT molecular complexity index is 1300. The number of rotatable bonds is 47. The van der Waals surface area contributed by atoms with Crippen molar-refractivity contribution in [2.45, 2.75) is 257 Å². The van der Waals surface area contributed by atoms with Crippen LogP contribution in [-0.2, 0) is 28.6 Å². The van der Waals surface area contributed by atoms with E-state index in [0.717, 1.165) is 161 Å². The Balaban J connectivity index is 4.59. The molecule has 9 heteroatoms. The number of allylic oxidation sites excluding steroid dienone is 9. The largest absolute Gasteiger partial charge is 0.462 e. The summed E-state index contributed by atoms with van der Waals surface area (Å²) >= 11 is 0. The van der Waals surface area contributed by atoms with Crippen LogP contribution < -0.4 is 0 Å². The van der Waals surface area contributed by atoms with Crippen LogP contribution in [0.1, 0.15) is 233 Å². The van der Waals surface area contributed by atoms with Gasteiger partial charge in [0, 0.05) is 19.3 Å². The molecular weight excluding hydrogens is 829 g/mol. The smallest absolute Gasteiger partial charge is 0.306 e. The quantitative estimate of drug-likeness (QED) is 0.0235. The SMILES string of the molecule is CCCCC/C=C\C=C\[C@@H](O)CCCCCCCC(=O)OC[C@@H](COC(=O)CCCCCCC/C=C\C=C\[C@H](O)CCCCC)OC(=O)CCCCCCC/C=C\C=C\[C@H](O)CCCCC. The van der Waals surface area contributed by atoms with Gasteiger partial charge in [0.2, 0.25) is 0 Å². The van der Waals surface area contributed by atoms with E-state index in [0.29, 0.717) is 12.8 Å². The molecule has 0 aliphatic carbocycles. The van der Waals surface area contributed by atoms with Gasteiger partial charge in [0.1, 0.15) is 13.2 Å². The molecule has 0 aliphatic rings. The van der Waals surface area contributed by atoms with Gasteiger partial charge in [0.05, 0.1) is 18.3 Å². The fourth-order valence-corrected chi connectivity index (χ4v) is 7.26. The lowest BCUT2D eigenvalue weighted by Gasteiger charge is -2.18. The highest BCUT2D eigenvalue weighted by molar-refractivity contribution is 5.71. The van der Waals surface area contributed by atoms with Crippen LogP contribution in [0.2, 0.25) is 0 Å². The molecule has 0 aromatic rings.